The second-order valence-corrected chi connectivity index (χ2v) is 7.74. The second-order valence-electron chi connectivity index (χ2n) is 7.74. The third-order valence-corrected chi connectivity index (χ3v) is 5.37. The smallest absolute Gasteiger partial charge is 0.284 e. The highest BCUT2D eigenvalue weighted by molar-refractivity contribution is 6.23. The maximum atomic E-state index is 14.5. The van der Waals surface area contributed by atoms with Gasteiger partial charge in [0.15, 0.2) is 0 Å². The minimum absolute atomic E-state index is 0.0402. The molecule has 0 saturated heterocycles. The minimum Gasteiger partial charge on any atom is -0.402 e. The number of amides is 2. The second kappa shape index (κ2) is 9.55. The van der Waals surface area contributed by atoms with E-state index in [1.807, 2.05) is 6.07 Å². The molecule has 166 valence electrons. The Balaban J connectivity index is 1.89. The van der Waals surface area contributed by atoms with Gasteiger partial charge < -0.3 is 16.4 Å². The minimum atomic E-state index is -0.763. The number of hydrogen-bond donors (Lipinski definition) is 3. The summed E-state index contributed by atoms with van der Waals surface area (Å²) in [7, 11) is 1.61. The molecule has 2 aromatic carbocycles. The molecule has 2 amide bonds. The van der Waals surface area contributed by atoms with Gasteiger partial charge in [-0.3, -0.25) is 19.4 Å². The molecule has 0 unspecified atom stereocenters. The third-order valence-electron chi connectivity index (χ3n) is 5.37. The fourth-order valence-corrected chi connectivity index (χ4v) is 3.57. The van der Waals surface area contributed by atoms with E-state index < -0.39 is 17.3 Å². The molecule has 1 fully saturated rings. The number of hydrogen-bond acceptors (Lipinski definition) is 5. The summed E-state index contributed by atoms with van der Waals surface area (Å²) in [6.07, 6.45) is 3.08. The molecule has 0 atom stereocenters. The van der Waals surface area contributed by atoms with Gasteiger partial charge in [-0.2, -0.15) is 0 Å². The van der Waals surface area contributed by atoms with E-state index in [4.69, 9.17) is 5.73 Å². The van der Waals surface area contributed by atoms with Crippen LogP contribution in [0.5, 0.6) is 0 Å². The zero-order valence-electron chi connectivity index (χ0n) is 17.9. The van der Waals surface area contributed by atoms with Crippen LogP contribution in [0.15, 0.2) is 53.2 Å². The van der Waals surface area contributed by atoms with Crippen molar-refractivity contribution in [2.45, 2.75) is 31.8 Å². The van der Waals surface area contributed by atoms with Crippen LogP contribution >= 0.6 is 0 Å². The zero-order chi connectivity index (χ0) is 23.3. The lowest BCUT2D eigenvalue weighted by Gasteiger charge is -2.20. The van der Waals surface area contributed by atoms with Crippen molar-refractivity contribution < 1.29 is 18.8 Å². The molecule has 0 aliphatic heterocycles. The molecular weight excluding hydrogens is 411 g/mol. The summed E-state index contributed by atoms with van der Waals surface area (Å²) in [4.78, 5) is 38.9. The molecule has 0 radical (unpaired) electrons. The fraction of sp³-hybridized carbons (Fsp3) is 0.250. The maximum absolute atomic E-state index is 14.5. The highest BCUT2D eigenvalue weighted by atomic mass is 19.1. The van der Waals surface area contributed by atoms with Crippen molar-refractivity contribution >= 4 is 29.9 Å². The van der Waals surface area contributed by atoms with E-state index in [2.05, 4.69) is 15.6 Å². The lowest BCUT2D eigenvalue weighted by atomic mass is 9.96. The first kappa shape index (κ1) is 22.9. The van der Waals surface area contributed by atoms with Crippen LogP contribution in [0.25, 0.3) is 5.57 Å². The number of benzene rings is 2. The summed E-state index contributed by atoms with van der Waals surface area (Å²) in [6.45, 7) is 1.76. The molecule has 0 bridgehead atoms. The van der Waals surface area contributed by atoms with Crippen molar-refractivity contribution in [1.29, 1.82) is 0 Å². The van der Waals surface area contributed by atoms with Crippen molar-refractivity contribution in [2.75, 3.05) is 7.05 Å². The molecule has 0 aromatic heterocycles. The average Bonchev–Trinajstić information content (AvgIpc) is 3.55. The van der Waals surface area contributed by atoms with E-state index in [1.165, 1.54) is 12.1 Å². The number of carbonyl (C=O) groups excluding carboxylic acids is 3. The standard InChI is InChI=1S/C24H25FN4O3/c1-15(26)21(13-27-2)17-9-18(11-19(25)10-17)24(7-8-24)29-23(32)20-6-4-3-5-16(20)12-28-22(31)14-30/h3-6,9-11,13-14H,7-8,12,26H2,1-2H3,(H,28,31)(H,29,32)/b21-15+,27-13?. The molecule has 0 spiro atoms. The Hall–Kier alpha value is -3.81. The number of nitrogens with two attached hydrogens (primary N) is 1. The van der Waals surface area contributed by atoms with Gasteiger partial charge in [0, 0.05) is 36.6 Å². The molecule has 32 heavy (non-hydrogen) atoms. The fourth-order valence-electron chi connectivity index (χ4n) is 3.57. The lowest BCUT2D eigenvalue weighted by molar-refractivity contribution is -0.131. The highest BCUT2D eigenvalue weighted by Gasteiger charge is 2.46. The van der Waals surface area contributed by atoms with Crippen LogP contribution in [-0.4, -0.2) is 31.4 Å². The van der Waals surface area contributed by atoms with Gasteiger partial charge in [0.1, 0.15) is 5.82 Å². The van der Waals surface area contributed by atoms with Crippen LogP contribution < -0.4 is 16.4 Å². The Bertz CT molecular complexity index is 1120. The van der Waals surface area contributed by atoms with Crippen LogP contribution in [-0.2, 0) is 21.7 Å². The Morgan fingerprint density at radius 2 is 1.94 bits per heavy atom. The van der Waals surface area contributed by atoms with Gasteiger partial charge in [-0.15, -0.1) is 0 Å². The zero-order valence-corrected chi connectivity index (χ0v) is 17.9. The van der Waals surface area contributed by atoms with E-state index >= 15 is 0 Å². The molecule has 1 saturated carbocycles. The Morgan fingerprint density at radius 3 is 2.56 bits per heavy atom. The number of aliphatic imine (C=N–C) groups is 1. The Morgan fingerprint density at radius 1 is 1.22 bits per heavy atom. The van der Waals surface area contributed by atoms with E-state index in [-0.39, 0.29) is 18.7 Å². The summed E-state index contributed by atoms with van der Waals surface area (Å²) < 4.78 is 14.5. The number of nitrogens with zero attached hydrogens (tertiary/aromatic N) is 1. The Kier molecular flexibility index (Phi) is 6.82. The Labute approximate surface area is 185 Å². The van der Waals surface area contributed by atoms with Gasteiger partial charge in [0.05, 0.1) is 5.54 Å². The largest absolute Gasteiger partial charge is 0.402 e. The van der Waals surface area contributed by atoms with Crippen molar-refractivity contribution in [2.24, 2.45) is 10.7 Å². The number of rotatable bonds is 8. The van der Waals surface area contributed by atoms with Crippen LogP contribution in [0.2, 0.25) is 0 Å². The number of carbonyl (C=O) groups is 3. The molecule has 4 N–H and O–H groups in total. The van der Waals surface area contributed by atoms with Crippen molar-refractivity contribution in [3.63, 3.8) is 0 Å². The van der Waals surface area contributed by atoms with Crippen LogP contribution in [0.3, 0.4) is 0 Å². The third kappa shape index (κ3) is 5.08. The van der Waals surface area contributed by atoms with Crippen LogP contribution in [0.1, 0.15) is 46.8 Å². The van der Waals surface area contributed by atoms with E-state index in [0.29, 0.717) is 46.4 Å². The molecule has 1 aliphatic rings. The predicted octanol–water partition coefficient (Wildman–Crippen LogP) is 2.45. The van der Waals surface area contributed by atoms with Gasteiger partial charge in [-0.25, -0.2) is 4.39 Å². The maximum Gasteiger partial charge on any atom is 0.284 e. The van der Waals surface area contributed by atoms with E-state index in [1.54, 1.807) is 44.5 Å². The molecule has 7 nitrogen and oxygen atoms in total. The van der Waals surface area contributed by atoms with E-state index in [9.17, 15) is 18.8 Å². The molecule has 1 aliphatic carbocycles. The van der Waals surface area contributed by atoms with Crippen LogP contribution in [0.4, 0.5) is 4.39 Å². The summed E-state index contributed by atoms with van der Waals surface area (Å²) in [6, 6.07) is 11.4. The normalized spacial score (nSPS) is 15.1. The van der Waals surface area contributed by atoms with Crippen molar-refractivity contribution in [1.82, 2.24) is 10.6 Å². The van der Waals surface area contributed by atoms with Crippen LogP contribution in [0, 0.1) is 5.82 Å². The first-order chi connectivity index (χ1) is 15.3. The highest BCUT2D eigenvalue weighted by Crippen LogP contribution is 2.46. The van der Waals surface area contributed by atoms with Gasteiger partial charge in [-0.1, -0.05) is 18.2 Å². The van der Waals surface area contributed by atoms with Gasteiger partial charge >= 0.3 is 0 Å². The topological polar surface area (TPSA) is 114 Å². The quantitative estimate of drug-likeness (QED) is 0.335. The van der Waals surface area contributed by atoms with Crippen molar-refractivity contribution in [3.8, 4) is 0 Å². The lowest BCUT2D eigenvalue weighted by Crippen LogP contribution is -2.36. The summed E-state index contributed by atoms with van der Waals surface area (Å²) >= 11 is 0. The number of allylic oxidation sites excluding steroid dienone is 2. The predicted molar refractivity (Wildman–Crippen MR) is 120 cm³/mol. The molecular formula is C24H25FN4O3. The number of nitrogens with one attached hydrogen (secondary N) is 2. The van der Waals surface area contributed by atoms with Crippen molar-refractivity contribution in [3.05, 3.63) is 76.2 Å². The SMILES string of the molecule is CN=C/C(=C(/C)N)c1cc(F)cc(C2(NC(=O)c3ccccc3CNC(=O)C=O)CC2)c1. The average molecular weight is 436 g/mol. The van der Waals surface area contributed by atoms with E-state index in [0.717, 1.165) is 0 Å². The molecule has 3 rings (SSSR count). The number of aldehydes is 1. The summed E-state index contributed by atoms with van der Waals surface area (Å²) in [5.74, 6) is -1.54. The summed E-state index contributed by atoms with van der Waals surface area (Å²) in [5.41, 5.74) is 8.57. The molecule has 0 heterocycles. The number of halogens is 1. The van der Waals surface area contributed by atoms with Gasteiger partial charge in [-0.05, 0) is 60.7 Å². The first-order valence-electron chi connectivity index (χ1n) is 10.1. The van der Waals surface area contributed by atoms with Gasteiger partial charge in [0.2, 0.25) is 6.29 Å². The summed E-state index contributed by atoms with van der Waals surface area (Å²) in [5, 5.41) is 5.47. The van der Waals surface area contributed by atoms with Gasteiger partial charge in [0.25, 0.3) is 11.8 Å². The molecule has 8 heteroatoms. The monoisotopic (exact) mass is 436 g/mol. The molecule has 2 aromatic rings. The first-order valence-corrected chi connectivity index (χ1v) is 10.1.